The van der Waals surface area contributed by atoms with Crippen LogP contribution in [0.1, 0.15) is 0 Å². The third kappa shape index (κ3) is 10.1. The summed E-state index contributed by atoms with van der Waals surface area (Å²) >= 11 is 0. The van der Waals surface area contributed by atoms with Gasteiger partial charge in [0.05, 0.1) is 11.4 Å². The van der Waals surface area contributed by atoms with Crippen LogP contribution in [0.15, 0.2) is 130 Å². The van der Waals surface area contributed by atoms with Crippen LogP contribution >= 0.6 is 0 Å². The fourth-order valence-corrected chi connectivity index (χ4v) is 2.08. The zero-order chi connectivity index (χ0) is 17.9. The van der Waals surface area contributed by atoms with Crippen molar-refractivity contribution in [1.29, 1.82) is 0 Å². The first-order valence-corrected chi connectivity index (χ1v) is 8.27. The Balaban J connectivity index is 0.000000490. The molecule has 0 saturated carbocycles. The van der Waals surface area contributed by atoms with E-state index in [2.05, 4.69) is 20.5 Å². The van der Waals surface area contributed by atoms with Gasteiger partial charge in [0.15, 0.2) is 0 Å². The van der Waals surface area contributed by atoms with Crippen LogP contribution in [0.2, 0.25) is 0 Å². The van der Waals surface area contributed by atoms with Gasteiger partial charge in [0, 0.05) is 0 Å². The monoisotopic (exact) mass is 456 g/mol. The molecule has 0 saturated heterocycles. The minimum absolute atomic E-state index is 0. The predicted molar refractivity (Wildman–Crippen MR) is 105 cm³/mol. The molecule has 0 spiro atoms. The van der Waals surface area contributed by atoms with Crippen LogP contribution < -0.4 is 24.8 Å². The van der Waals surface area contributed by atoms with Gasteiger partial charge in [-0.3, -0.25) is 0 Å². The molecule has 144 valence electrons. The van der Waals surface area contributed by atoms with Crippen molar-refractivity contribution in [3.05, 3.63) is 109 Å². The van der Waals surface area contributed by atoms with Crippen LogP contribution in [-0.4, -0.2) is 0 Å². The number of rotatable bonds is 4. The quantitative estimate of drug-likeness (QED) is 0.255. The molecule has 0 bridgehead atoms. The summed E-state index contributed by atoms with van der Waals surface area (Å²) in [6, 6.07) is 34.9. The third-order valence-corrected chi connectivity index (χ3v) is 3.36. The molecule has 29 heavy (non-hydrogen) atoms. The molecule has 0 atom stereocenters. The summed E-state index contributed by atoms with van der Waals surface area (Å²) in [7, 11) is 0. The van der Waals surface area contributed by atoms with Crippen molar-refractivity contribution < 1.29 is 46.5 Å². The minimum Gasteiger partial charge on any atom is -1.00 e. The maximum atomic E-state index is 4.07. The first kappa shape index (κ1) is 26.6. The van der Waals surface area contributed by atoms with E-state index in [1.165, 1.54) is 0 Å². The molecule has 0 radical (unpaired) electrons. The van der Waals surface area contributed by atoms with Crippen LogP contribution in [0.25, 0.3) is 0 Å². The van der Waals surface area contributed by atoms with Gasteiger partial charge in [-0.25, -0.2) is 34.5 Å². The number of hydrogen-bond donors (Lipinski definition) is 0. The van der Waals surface area contributed by atoms with Gasteiger partial charge in [-0.2, -0.15) is 34.5 Å². The van der Waals surface area contributed by atoms with Gasteiger partial charge in [0.2, 0.25) is 0 Å². The Morgan fingerprint density at radius 3 is 1.07 bits per heavy atom. The van der Waals surface area contributed by atoms with Crippen LogP contribution in [0.4, 0.5) is 22.7 Å². The Morgan fingerprint density at radius 2 is 0.759 bits per heavy atom. The molecule has 0 aromatic heterocycles. The number of azo groups is 2. The average molecular weight is 457 g/mol. The molecule has 0 aliphatic rings. The zero-order valence-electron chi connectivity index (χ0n) is 15.4. The van der Waals surface area contributed by atoms with E-state index in [4.69, 9.17) is 0 Å². The molecule has 7 heteroatoms. The molecule has 0 amide bonds. The fourth-order valence-electron chi connectivity index (χ4n) is 2.08. The summed E-state index contributed by atoms with van der Waals surface area (Å²) in [5.41, 5.74) is 3.54. The third-order valence-electron chi connectivity index (χ3n) is 3.36. The molecule has 0 unspecified atom stereocenters. The smallest absolute Gasteiger partial charge is 1.00 e. The zero-order valence-corrected chi connectivity index (χ0v) is 18.5. The Kier molecular flexibility index (Phi) is 14.3. The van der Waals surface area contributed by atoms with Gasteiger partial charge in [-0.05, 0) is 35.6 Å². The molecule has 4 aromatic rings. The van der Waals surface area contributed by atoms with E-state index < -0.39 is 0 Å². The molecule has 0 aliphatic carbocycles. The minimum atomic E-state index is 0. The Labute approximate surface area is 198 Å². The SMILES string of the molecule is [Cl-].[Cl-].[Ti+4].c1ccc(N=N[c-]2cccc2)cc1.c1ccc(N=N[c-]2cccc2)cc1. The van der Waals surface area contributed by atoms with Crippen molar-refractivity contribution in [1.82, 2.24) is 0 Å². The van der Waals surface area contributed by atoms with Gasteiger partial charge in [0.25, 0.3) is 0 Å². The van der Waals surface area contributed by atoms with E-state index >= 15 is 0 Å². The summed E-state index contributed by atoms with van der Waals surface area (Å²) in [6.07, 6.45) is 0. The van der Waals surface area contributed by atoms with Crippen molar-refractivity contribution in [2.24, 2.45) is 20.5 Å². The van der Waals surface area contributed by atoms with Crippen LogP contribution in [-0.2, 0) is 21.7 Å². The van der Waals surface area contributed by atoms with Crippen molar-refractivity contribution in [2.75, 3.05) is 0 Å². The molecule has 4 aromatic carbocycles. The number of hydrogen-bond acceptors (Lipinski definition) is 4. The van der Waals surface area contributed by atoms with E-state index in [0.29, 0.717) is 0 Å². The first-order valence-electron chi connectivity index (χ1n) is 8.27. The summed E-state index contributed by atoms with van der Waals surface area (Å²) < 4.78 is 0. The summed E-state index contributed by atoms with van der Waals surface area (Å²) in [5.74, 6) is 0. The van der Waals surface area contributed by atoms with Crippen LogP contribution in [0.3, 0.4) is 0 Å². The molecule has 0 heterocycles. The van der Waals surface area contributed by atoms with Crippen molar-refractivity contribution in [3.8, 4) is 0 Å². The van der Waals surface area contributed by atoms with Gasteiger partial charge in [0.1, 0.15) is 0 Å². The molecule has 0 N–H and O–H groups in total. The molecule has 4 nitrogen and oxygen atoms in total. The standard InChI is InChI=1S/2C11H9N2.2ClH.Ti/c2*1-2-6-10(7-3-1)12-13-11-8-4-5-9-11;;;/h2*1-9H;2*1H;/q2*-1;;;+4/p-2. The Bertz CT molecular complexity index is 844. The average Bonchev–Trinajstić information content (AvgIpc) is 3.41. The second-order valence-electron chi connectivity index (χ2n) is 5.36. The Hall–Kier alpha value is -2.37. The predicted octanol–water partition coefficient (Wildman–Crippen LogP) is 1.65. The molecule has 0 fully saturated rings. The molecule has 4 rings (SSSR count). The molecule has 0 aliphatic heterocycles. The van der Waals surface area contributed by atoms with E-state index in [1.807, 2.05) is 109 Å². The Morgan fingerprint density at radius 1 is 0.448 bits per heavy atom. The van der Waals surface area contributed by atoms with E-state index in [0.717, 1.165) is 22.7 Å². The topological polar surface area (TPSA) is 49.4 Å². The van der Waals surface area contributed by atoms with E-state index in [-0.39, 0.29) is 46.5 Å². The van der Waals surface area contributed by atoms with Gasteiger partial charge < -0.3 is 24.8 Å². The fraction of sp³-hybridized carbons (Fsp3) is 0. The number of halogens is 2. The van der Waals surface area contributed by atoms with Crippen molar-refractivity contribution >= 4 is 22.7 Å². The second-order valence-corrected chi connectivity index (χ2v) is 5.36. The van der Waals surface area contributed by atoms with Crippen LogP contribution in [0, 0.1) is 0 Å². The normalized spacial score (nSPS) is 9.66. The second kappa shape index (κ2) is 15.5. The maximum absolute atomic E-state index is 4.07. The van der Waals surface area contributed by atoms with Gasteiger partial charge in [-0.1, -0.05) is 36.4 Å². The number of benzene rings is 2. The molecular weight excluding hydrogens is 439 g/mol. The van der Waals surface area contributed by atoms with Gasteiger partial charge >= 0.3 is 21.7 Å². The summed E-state index contributed by atoms with van der Waals surface area (Å²) in [4.78, 5) is 0. The largest absolute Gasteiger partial charge is 4.00 e. The van der Waals surface area contributed by atoms with Crippen LogP contribution in [0.5, 0.6) is 0 Å². The van der Waals surface area contributed by atoms with Crippen molar-refractivity contribution in [3.63, 3.8) is 0 Å². The molecular formula is C22H18Cl2N4Ti. The van der Waals surface area contributed by atoms with E-state index in [9.17, 15) is 0 Å². The summed E-state index contributed by atoms with van der Waals surface area (Å²) in [6.45, 7) is 0. The van der Waals surface area contributed by atoms with Gasteiger partial charge in [-0.15, -0.1) is 0 Å². The van der Waals surface area contributed by atoms with Crippen molar-refractivity contribution in [2.45, 2.75) is 0 Å². The van der Waals surface area contributed by atoms with E-state index in [1.54, 1.807) is 0 Å². The summed E-state index contributed by atoms with van der Waals surface area (Å²) in [5, 5.41) is 16.3. The first-order chi connectivity index (χ1) is 12.9. The number of nitrogens with zero attached hydrogens (tertiary/aromatic N) is 4. The maximum Gasteiger partial charge on any atom is 4.00 e.